The second-order valence-electron chi connectivity index (χ2n) is 5.91. The van der Waals surface area contributed by atoms with E-state index in [1.54, 1.807) is 54.6 Å². The van der Waals surface area contributed by atoms with Crippen LogP contribution in [0.15, 0.2) is 83.8 Å². The van der Waals surface area contributed by atoms with Crippen LogP contribution in [0.4, 0.5) is 21.9 Å². The number of para-hydroxylation sites is 2. The highest BCUT2D eigenvalue weighted by molar-refractivity contribution is 7.92. The van der Waals surface area contributed by atoms with Crippen LogP contribution in [0.5, 0.6) is 0 Å². The first-order valence-electron chi connectivity index (χ1n) is 8.26. The molecule has 0 saturated carbocycles. The Morgan fingerprint density at radius 1 is 0.741 bits per heavy atom. The van der Waals surface area contributed by atoms with Crippen molar-refractivity contribution in [2.24, 2.45) is 0 Å². The van der Waals surface area contributed by atoms with Gasteiger partial charge in [-0.15, -0.1) is 0 Å². The van der Waals surface area contributed by atoms with Gasteiger partial charge in [0.2, 0.25) is 0 Å². The number of amides is 2. The fourth-order valence-corrected chi connectivity index (χ4v) is 3.51. The Balaban J connectivity index is 1.76. The molecule has 3 aromatic rings. The zero-order valence-corrected chi connectivity index (χ0v) is 15.5. The van der Waals surface area contributed by atoms with E-state index in [0.29, 0.717) is 11.4 Å². The van der Waals surface area contributed by atoms with Gasteiger partial charge in [0.15, 0.2) is 0 Å². The van der Waals surface area contributed by atoms with Gasteiger partial charge in [-0.05, 0) is 43.3 Å². The average Bonchev–Trinajstić information content (AvgIpc) is 2.66. The number of hydrogen-bond acceptors (Lipinski definition) is 3. The molecule has 0 aliphatic carbocycles. The minimum atomic E-state index is -3.76. The molecule has 0 spiro atoms. The van der Waals surface area contributed by atoms with E-state index in [1.807, 2.05) is 19.1 Å². The third-order valence-corrected chi connectivity index (χ3v) is 5.16. The third-order valence-electron chi connectivity index (χ3n) is 3.78. The molecule has 3 N–H and O–H groups in total. The molecule has 0 heterocycles. The van der Waals surface area contributed by atoms with Crippen LogP contribution in [0, 0.1) is 6.92 Å². The predicted octanol–water partition coefficient (Wildman–Crippen LogP) is 4.44. The first-order chi connectivity index (χ1) is 12.9. The number of aryl methyl sites for hydroxylation is 1. The zero-order chi connectivity index (χ0) is 19.3. The molecule has 0 bridgehead atoms. The average molecular weight is 381 g/mol. The lowest BCUT2D eigenvalue weighted by Crippen LogP contribution is -2.21. The van der Waals surface area contributed by atoms with Gasteiger partial charge in [0, 0.05) is 5.69 Å². The lowest BCUT2D eigenvalue weighted by Gasteiger charge is -2.14. The van der Waals surface area contributed by atoms with Crippen molar-refractivity contribution in [3.05, 3.63) is 84.4 Å². The quantitative estimate of drug-likeness (QED) is 0.610. The van der Waals surface area contributed by atoms with E-state index in [0.717, 1.165) is 5.56 Å². The van der Waals surface area contributed by atoms with Crippen LogP contribution in [0.2, 0.25) is 0 Å². The fraction of sp³-hybridized carbons (Fsp3) is 0.0500. The van der Waals surface area contributed by atoms with Crippen molar-refractivity contribution in [1.29, 1.82) is 0 Å². The van der Waals surface area contributed by atoms with E-state index < -0.39 is 16.1 Å². The van der Waals surface area contributed by atoms with Gasteiger partial charge in [0.05, 0.1) is 16.3 Å². The van der Waals surface area contributed by atoms with Crippen LogP contribution in [-0.4, -0.2) is 14.4 Å². The Morgan fingerprint density at radius 2 is 1.33 bits per heavy atom. The summed E-state index contributed by atoms with van der Waals surface area (Å²) in [7, 11) is -3.76. The van der Waals surface area contributed by atoms with Crippen LogP contribution >= 0.6 is 0 Å². The molecule has 3 aromatic carbocycles. The maximum absolute atomic E-state index is 12.5. The topological polar surface area (TPSA) is 87.3 Å². The molecular weight excluding hydrogens is 362 g/mol. The molecule has 0 fully saturated rings. The minimum absolute atomic E-state index is 0.143. The highest BCUT2D eigenvalue weighted by atomic mass is 32.2. The van der Waals surface area contributed by atoms with Gasteiger partial charge in [0.25, 0.3) is 10.0 Å². The van der Waals surface area contributed by atoms with E-state index in [-0.39, 0.29) is 10.6 Å². The molecule has 0 aromatic heterocycles. The molecule has 0 aliphatic rings. The SMILES string of the molecule is Cc1ccc(NC(=O)Nc2ccccc2NS(=O)(=O)c2ccccc2)cc1. The van der Waals surface area contributed by atoms with Gasteiger partial charge in [-0.3, -0.25) is 4.72 Å². The van der Waals surface area contributed by atoms with Crippen molar-refractivity contribution < 1.29 is 13.2 Å². The monoisotopic (exact) mass is 381 g/mol. The van der Waals surface area contributed by atoms with Crippen molar-refractivity contribution >= 4 is 33.1 Å². The Hall–Kier alpha value is -3.32. The van der Waals surface area contributed by atoms with E-state index in [1.165, 1.54) is 12.1 Å². The van der Waals surface area contributed by atoms with Crippen molar-refractivity contribution in [2.75, 3.05) is 15.4 Å². The van der Waals surface area contributed by atoms with E-state index in [9.17, 15) is 13.2 Å². The van der Waals surface area contributed by atoms with Crippen LogP contribution in [0.1, 0.15) is 5.56 Å². The lowest BCUT2D eigenvalue weighted by molar-refractivity contribution is 0.262. The summed E-state index contributed by atoms with van der Waals surface area (Å²) in [6, 6.07) is 21.5. The summed E-state index contributed by atoms with van der Waals surface area (Å²) in [5.41, 5.74) is 2.35. The molecule has 138 valence electrons. The summed E-state index contributed by atoms with van der Waals surface area (Å²) >= 11 is 0. The summed E-state index contributed by atoms with van der Waals surface area (Å²) in [5.74, 6) is 0. The maximum atomic E-state index is 12.5. The fourth-order valence-electron chi connectivity index (χ4n) is 2.41. The number of sulfonamides is 1. The first kappa shape index (κ1) is 18.5. The van der Waals surface area contributed by atoms with Crippen molar-refractivity contribution in [2.45, 2.75) is 11.8 Å². The van der Waals surface area contributed by atoms with Gasteiger partial charge in [0.1, 0.15) is 0 Å². The molecule has 0 atom stereocenters. The molecule has 7 heteroatoms. The number of benzene rings is 3. The summed E-state index contributed by atoms with van der Waals surface area (Å²) in [6.45, 7) is 1.96. The molecule has 0 aliphatic heterocycles. The number of carbonyl (C=O) groups excluding carboxylic acids is 1. The maximum Gasteiger partial charge on any atom is 0.323 e. The summed E-state index contributed by atoms with van der Waals surface area (Å²) < 4.78 is 27.6. The number of rotatable bonds is 5. The molecule has 3 rings (SSSR count). The van der Waals surface area contributed by atoms with Crippen LogP contribution in [0.25, 0.3) is 0 Å². The highest BCUT2D eigenvalue weighted by Crippen LogP contribution is 2.24. The summed E-state index contributed by atoms with van der Waals surface area (Å²) in [5, 5.41) is 5.38. The minimum Gasteiger partial charge on any atom is -0.308 e. The number of nitrogens with one attached hydrogen (secondary N) is 3. The second-order valence-corrected chi connectivity index (χ2v) is 7.59. The van der Waals surface area contributed by atoms with Gasteiger partial charge in [-0.2, -0.15) is 0 Å². The van der Waals surface area contributed by atoms with Gasteiger partial charge < -0.3 is 10.6 Å². The van der Waals surface area contributed by atoms with E-state index >= 15 is 0 Å². The predicted molar refractivity (Wildman–Crippen MR) is 108 cm³/mol. The molecule has 27 heavy (non-hydrogen) atoms. The zero-order valence-electron chi connectivity index (χ0n) is 14.6. The normalized spacial score (nSPS) is 10.9. The Kier molecular flexibility index (Phi) is 5.42. The summed E-state index contributed by atoms with van der Waals surface area (Å²) in [6.07, 6.45) is 0. The molecular formula is C20H19N3O3S. The number of carbonyl (C=O) groups is 1. The number of anilines is 3. The molecule has 0 unspecified atom stereocenters. The Bertz CT molecular complexity index is 1030. The van der Waals surface area contributed by atoms with Gasteiger partial charge in [-0.25, -0.2) is 13.2 Å². The standard InChI is InChI=1S/C20H19N3O3S/c1-15-11-13-16(14-12-15)21-20(24)22-18-9-5-6-10-19(18)23-27(25,26)17-7-3-2-4-8-17/h2-14,23H,1H3,(H2,21,22,24). The highest BCUT2D eigenvalue weighted by Gasteiger charge is 2.16. The van der Waals surface area contributed by atoms with Crippen LogP contribution in [-0.2, 0) is 10.0 Å². The van der Waals surface area contributed by atoms with Crippen molar-refractivity contribution in [3.8, 4) is 0 Å². The van der Waals surface area contributed by atoms with E-state index in [2.05, 4.69) is 15.4 Å². The third kappa shape index (κ3) is 4.86. The smallest absolute Gasteiger partial charge is 0.308 e. The van der Waals surface area contributed by atoms with Crippen LogP contribution < -0.4 is 15.4 Å². The van der Waals surface area contributed by atoms with Crippen molar-refractivity contribution in [3.63, 3.8) is 0 Å². The Labute approximate surface area is 158 Å². The number of urea groups is 1. The second kappa shape index (κ2) is 7.92. The van der Waals surface area contributed by atoms with Crippen molar-refractivity contribution in [1.82, 2.24) is 0 Å². The molecule has 2 amide bonds. The first-order valence-corrected chi connectivity index (χ1v) is 9.74. The van der Waals surface area contributed by atoms with Crippen LogP contribution in [0.3, 0.4) is 0 Å². The number of hydrogen-bond donors (Lipinski definition) is 3. The molecule has 0 radical (unpaired) electrons. The molecule has 6 nitrogen and oxygen atoms in total. The Morgan fingerprint density at radius 3 is 2.00 bits per heavy atom. The molecule has 0 saturated heterocycles. The lowest BCUT2D eigenvalue weighted by atomic mass is 10.2. The summed E-state index contributed by atoms with van der Waals surface area (Å²) in [4.78, 5) is 12.4. The largest absolute Gasteiger partial charge is 0.323 e. The van der Waals surface area contributed by atoms with Gasteiger partial charge in [-0.1, -0.05) is 48.0 Å². The van der Waals surface area contributed by atoms with E-state index in [4.69, 9.17) is 0 Å². The van der Waals surface area contributed by atoms with Gasteiger partial charge >= 0.3 is 6.03 Å².